The predicted molar refractivity (Wildman–Crippen MR) is 128 cm³/mol. The minimum Gasteiger partial charge on any atom is -0.374 e. The molecule has 0 saturated heterocycles. The van der Waals surface area contributed by atoms with Gasteiger partial charge in [0.15, 0.2) is 0 Å². The number of unbranched alkanes of at least 4 members (excludes halogenated alkanes) is 1. The lowest BCUT2D eigenvalue weighted by atomic mass is 10.1. The van der Waals surface area contributed by atoms with E-state index >= 15 is 0 Å². The fourth-order valence-electron chi connectivity index (χ4n) is 3.83. The first-order valence-corrected chi connectivity index (χ1v) is 10.8. The molecule has 1 atom stereocenters. The number of aromatic amines is 2. The van der Waals surface area contributed by atoms with E-state index in [1.807, 2.05) is 67.6 Å². The van der Waals surface area contributed by atoms with Gasteiger partial charge in [-0.2, -0.15) is 0 Å². The highest BCUT2D eigenvalue weighted by Crippen LogP contribution is 2.26. The van der Waals surface area contributed by atoms with Crippen LogP contribution in [-0.2, 0) is 4.74 Å². The maximum Gasteiger partial charge on any atom is 0.0895 e. The predicted octanol–water partition coefficient (Wildman–Crippen LogP) is 6.48. The van der Waals surface area contributed by atoms with Crippen molar-refractivity contribution in [1.29, 1.82) is 0 Å². The van der Waals surface area contributed by atoms with Gasteiger partial charge in [0.1, 0.15) is 0 Å². The van der Waals surface area contributed by atoms with E-state index in [0.717, 1.165) is 44.9 Å². The number of nitrogens with zero attached hydrogens (tertiary/aromatic N) is 2. The van der Waals surface area contributed by atoms with E-state index in [-0.39, 0.29) is 12.8 Å². The van der Waals surface area contributed by atoms with Crippen molar-refractivity contribution in [3.05, 3.63) is 70.8 Å². The topological polar surface area (TPSA) is 66.6 Å². The number of hydrogen-bond acceptors (Lipinski definition) is 3. The lowest BCUT2D eigenvalue weighted by Gasteiger charge is -2.11. The van der Waals surface area contributed by atoms with E-state index in [4.69, 9.17) is 11.1 Å². The van der Waals surface area contributed by atoms with Gasteiger partial charge in [-0.15, -0.1) is 0 Å². The maximum absolute atomic E-state index is 12.4. The number of rotatable bonds is 6. The highest BCUT2D eigenvalue weighted by Gasteiger charge is 2.12. The molecule has 5 rings (SSSR count). The molecular formula is C26H25FN4O. The molecule has 162 valence electrons. The van der Waals surface area contributed by atoms with Gasteiger partial charge in [-0.3, -0.25) is 4.39 Å². The number of aromatic nitrogens is 4. The first-order chi connectivity index (χ1) is 16.1. The van der Waals surface area contributed by atoms with Crippen LogP contribution < -0.4 is 0 Å². The molecule has 3 aromatic rings. The van der Waals surface area contributed by atoms with Crippen LogP contribution in [0, 0.1) is 0 Å². The number of nitrogens with one attached hydrogen (secondary N) is 2. The first kappa shape index (κ1) is 19.2. The summed E-state index contributed by atoms with van der Waals surface area (Å²) in [5.41, 5.74) is 7.36. The standard InChI is InChI=1S/C26H25FN4O/c1-17(32-11-3-2-10-27)25-15-24-14-22-7-6-20(29-22)12-18-4-5-19(28-18)13-21-8-9-23(30-21)16-26(25)31-24/h4-9,12-17,28,31H,2-3,10-11H2,1H3/i15D. The number of fused-ring (bicyclic) bond motifs is 8. The minimum atomic E-state index is -0.346. The Balaban J connectivity index is 1.70. The van der Waals surface area contributed by atoms with Crippen molar-refractivity contribution in [1.82, 2.24) is 19.9 Å². The molecule has 5 nitrogen and oxygen atoms in total. The SMILES string of the molecule is [2H]c1c(C(C)OCCCCF)c2cc3nc(cc4ccc(cc5nc(cc1[nH]2)C=C5)[nH]4)C=C3. The number of halogens is 1. The van der Waals surface area contributed by atoms with E-state index in [9.17, 15) is 4.39 Å². The maximum atomic E-state index is 12.4. The van der Waals surface area contributed by atoms with Gasteiger partial charge in [0.25, 0.3) is 0 Å². The molecule has 6 heteroatoms. The smallest absolute Gasteiger partial charge is 0.0895 e. The van der Waals surface area contributed by atoms with Crippen molar-refractivity contribution in [2.75, 3.05) is 13.3 Å². The van der Waals surface area contributed by atoms with Crippen LogP contribution in [0.4, 0.5) is 4.39 Å². The second-order valence-electron chi connectivity index (χ2n) is 7.94. The van der Waals surface area contributed by atoms with E-state index in [2.05, 4.69) is 15.0 Å². The van der Waals surface area contributed by atoms with Crippen molar-refractivity contribution in [3.8, 4) is 0 Å². The van der Waals surface area contributed by atoms with E-state index in [0.29, 0.717) is 31.0 Å². The van der Waals surface area contributed by atoms with Crippen LogP contribution in [0.25, 0.3) is 46.4 Å². The number of H-pyrrole nitrogens is 2. The van der Waals surface area contributed by atoms with Crippen LogP contribution >= 0.6 is 0 Å². The van der Waals surface area contributed by atoms with E-state index < -0.39 is 0 Å². The molecule has 1 unspecified atom stereocenters. The third-order valence-corrected chi connectivity index (χ3v) is 5.42. The Labute approximate surface area is 187 Å². The second kappa shape index (κ2) is 8.93. The van der Waals surface area contributed by atoms with Crippen molar-refractivity contribution in [2.45, 2.75) is 25.9 Å². The van der Waals surface area contributed by atoms with Crippen molar-refractivity contribution < 1.29 is 10.5 Å². The Kier molecular flexibility index (Phi) is 5.35. The Morgan fingerprint density at radius 2 is 1.47 bits per heavy atom. The Morgan fingerprint density at radius 3 is 2.09 bits per heavy atom. The zero-order valence-electron chi connectivity index (χ0n) is 18.9. The monoisotopic (exact) mass is 429 g/mol. The van der Waals surface area contributed by atoms with Crippen LogP contribution in [0.2, 0.25) is 0 Å². The van der Waals surface area contributed by atoms with Crippen molar-refractivity contribution >= 4 is 46.4 Å². The van der Waals surface area contributed by atoms with Crippen molar-refractivity contribution in [2.24, 2.45) is 0 Å². The highest BCUT2D eigenvalue weighted by molar-refractivity contribution is 5.78. The molecular weight excluding hydrogens is 403 g/mol. The molecule has 0 radical (unpaired) electrons. The quantitative estimate of drug-likeness (QED) is 0.304. The van der Waals surface area contributed by atoms with Gasteiger partial charge in [-0.05, 0) is 86.5 Å². The van der Waals surface area contributed by atoms with Gasteiger partial charge in [-0.25, -0.2) is 9.97 Å². The zero-order valence-corrected chi connectivity index (χ0v) is 17.9. The highest BCUT2D eigenvalue weighted by atomic mass is 19.1. The zero-order chi connectivity index (χ0) is 22.8. The Bertz CT molecular complexity index is 1400. The molecule has 2 aliphatic rings. The molecule has 0 fully saturated rings. The third kappa shape index (κ3) is 4.55. The van der Waals surface area contributed by atoms with E-state index in [1.165, 1.54) is 0 Å². The van der Waals surface area contributed by atoms with Gasteiger partial charge in [-0.1, -0.05) is 0 Å². The number of alkyl halides is 1. The summed E-state index contributed by atoms with van der Waals surface area (Å²) >= 11 is 0. The van der Waals surface area contributed by atoms with Crippen molar-refractivity contribution in [3.63, 3.8) is 0 Å². The molecule has 3 aromatic heterocycles. The summed E-state index contributed by atoms with van der Waals surface area (Å²) in [5.74, 6) is 0. The minimum absolute atomic E-state index is 0.321. The van der Waals surface area contributed by atoms with Crippen LogP contribution in [-0.4, -0.2) is 33.2 Å². The number of hydrogen-bond donors (Lipinski definition) is 2. The molecule has 0 aromatic carbocycles. The summed E-state index contributed by atoms with van der Waals surface area (Å²) < 4.78 is 27.2. The van der Waals surface area contributed by atoms with Gasteiger partial charge < -0.3 is 14.7 Å². The van der Waals surface area contributed by atoms with Gasteiger partial charge in [0.05, 0.1) is 36.9 Å². The summed E-state index contributed by atoms with van der Waals surface area (Å²) in [5, 5.41) is 0. The molecule has 0 aliphatic carbocycles. The number of ether oxygens (including phenoxy) is 1. The van der Waals surface area contributed by atoms with E-state index in [1.54, 1.807) is 0 Å². The summed E-state index contributed by atoms with van der Waals surface area (Å²) in [7, 11) is 0. The fraction of sp³-hybridized carbons (Fsp3) is 0.231. The summed E-state index contributed by atoms with van der Waals surface area (Å²) in [6, 6.07) is 12.2. The molecule has 2 N–H and O–H groups in total. The van der Waals surface area contributed by atoms with Crippen LogP contribution in [0.1, 0.15) is 55.6 Å². The lowest BCUT2D eigenvalue weighted by Crippen LogP contribution is -2.01. The third-order valence-electron chi connectivity index (χ3n) is 5.42. The van der Waals surface area contributed by atoms with Gasteiger partial charge >= 0.3 is 0 Å². The second-order valence-corrected chi connectivity index (χ2v) is 7.94. The molecule has 5 heterocycles. The summed E-state index contributed by atoms with van der Waals surface area (Å²) in [4.78, 5) is 16.1. The lowest BCUT2D eigenvalue weighted by molar-refractivity contribution is 0.0632. The largest absolute Gasteiger partial charge is 0.374 e. The molecule has 0 spiro atoms. The average Bonchev–Trinajstić information content (AvgIpc) is 3.57. The Morgan fingerprint density at radius 1 is 0.875 bits per heavy atom. The fourth-order valence-corrected chi connectivity index (χ4v) is 3.83. The molecule has 32 heavy (non-hydrogen) atoms. The van der Waals surface area contributed by atoms with Crippen LogP contribution in [0.15, 0.2) is 42.4 Å². The van der Waals surface area contributed by atoms with Gasteiger partial charge in [0, 0.05) is 34.2 Å². The molecule has 2 aliphatic heterocycles. The molecule has 8 bridgehead atoms. The first-order valence-electron chi connectivity index (χ1n) is 11.3. The molecule has 0 saturated carbocycles. The summed E-state index contributed by atoms with van der Waals surface area (Å²) in [6.45, 7) is 2.03. The molecule has 0 amide bonds. The van der Waals surface area contributed by atoms with Crippen LogP contribution in [0.3, 0.4) is 0 Å². The average molecular weight is 430 g/mol. The van der Waals surface area contributed by atoms with Crippen LogP contribution in [0.5, 0.6) is 0 Å². The van der Waals surface area contributed by atoms with Gasteiger partial charge in [0.2, 0.25) is 0 Å². The summed E-state index contributed by atoms with van der Waals surface area (Å²) in [6.07, 6.45) is 8.62. The Hall–Kier alpha value is -3.51. The normalized spacial score (nSPS) is 14.0.